The van der Waals surface area contributed by atoms with Crippen LogP contribution >= 0.6 is 15.9 Å². The molecule has 0 saturated carbocycles. The largest absolute Gasteiger partial charge is 0.288 e. The van der Waals surface area contributed by atoms with Gasteiger partial charge in [0.15, 0.2) is 17.4 Å². The Morgan fingerprint density at radius 3 is 2.21 bits per heavy atom. The quantitative estimate of drug-likeness (QED) is 0.589. The van der Waals surface area contributed by atoms with Crippen molar-refractivity contribution in [2.75, 3.05) is 0 Å². The van der Waals surface area contributed by atoms with E-state index < -0.39 is 28.8 Å². The minimum Gasteiger partial charge on any atom is -0.288 e. The number of benzene rings is 2. The summed E-state index contributed by atoms with van der Waals surface area (Å²) < 4.78 is 40.2. The van der Waals surface area contributed by atoms with Gasteiger partial charge in [-0.15, -0.1) is 0 Å². The SMILES string of the molecule is Cc1cc(Br)ccc1C(=O)c1cc(F)c(F)cc1F. The standard InChI is InChI=1S/C14H8BrF3O/c1-7-4-8(15)2-3-9(7)14(19)10-5-12(17)13(18)6-11(10)16/h2-6H,1H3. The van der Waals surface area contributed by atoms with Gasteiger partial charge in [0.1, 0.15) is 5.82 Å². The van der Waals surface area contributed by atoms with Crippen molar-refractivity contribution < 1.29 is 18.0 Å². The number of carbonyl (C=O) groups is 1. The molecule has 19 heavy (non-hydrogen) atoms. The van der Waals surface area contributed by atoms with E-state index in [0.717, 1.165) is 4.47 Å². The lowest BCUT2D eigenvalue weighted by molar-refractivity contribution is 0.103. The molecule has 0 fully saturated rings. The molecule has 0 bridgehead atoms. The van der Waals surface area contributed by atoms with Gasteiger partial charge < -0.3 is 0 Å². The third-order valence-corrected chi connectivity index (χ3v) is 3.18. The van der Waals surface area contributed by atoms with Crippen LogP contribution in [0.25, 0.3) is 0 Å². The first kappa shape index (κ1) is 13.8. The summed E-state index contributed by atoms with van der Waals surface area (Å²) in [5, 5.41) is 0. The number of hydrogen-bond acceptors (Lipinski definition) is 1. The van der Waals surface area contributed by atoms with Crippen LogP contribution in [0.2, 0.25) is 0 Å². The van der Waals surface area contributed by atoms with Crippen molar-refractivity contribution in [3.8, 4) is 0 Å². The van der Waals surface area contributed by atoms with Crippen molar-refractivity contribution >= 4 is 21.7 Å². The van der Waals surface area contributed by atoms with Gasteiger partial charge in [0.2, 0.25) is 0 Å². The predicted molar refractivity (Wildman–Crippen MR) is 68.6 cm³/mol. The number of hydrogen-bond donors (Lipinski definition) is 0. The second-order valence-electron chi connectivity index (χ2n) is 4.03. The predicted octanol–water partition coefficient (Wildman–Crippen LogP) is 4.41. The summed E-state index contributed by atoms with van der Waals surface area (Å²) >= 11 is 3.24. The summed E-state index contributed by atoms with van der Waals surface area (Å²) in [7, 11) is 0. The summed E-state index contributed by atoms with van der Waals surface area (Å²) in [6.45, 7) is 1.68. The van der Waals surface area contributed by atoms with Gasteiger partial charge in [0.25, 0.3) is 0 Å². The molecule has 0 heterocycles. The van der Waals surface area contributed by atoms with E-state index in [9.17, 15) is 18.0 Å². The third-order valence-electron chi connectivity index (χ3n) is 2.69. The van der Waals surface area contributed by atoms with Crippen LogP contribution in [0, 0.1) is 24.4 Å². The maximum absolute atomic E-state index is 13.5. The van der Waals surface area contributed by atoms with Gasteiger partial charge in [0, 0.05) is 16.1 Å². The van der Waals surface area contributed by atoms with E-state index in [2.05, 4.69) is 15.9 Å². The molecule has 0 amide bonds. The highest BCUT2D eigenvalue weighted by atomic mass is 79.9. The molecule has 0 aliphatic heterocycles. The monoisotopic (exact) mass is 328 g/mol. The van der Waals surface area contributed by atoms with Gasteiger partial charge in [-0.05, 0) is 36.8 Å². The fourth-order valence-electron chi connectivity index (χ4n) is 1.72. The summed E-state index contributed by atoms with van der Waals surface area (Å²) in [6, 6.07) is 5.76. The highest BCUT2D eigenvalue weighted by molar-refractivity contribution is 9.10. The van der Waals surface area contributed by atoms with Crippen LogP contribution in [0.15, 0.2) is 34.8 Å². The van der Waals surface area contributed by atoms with Crippen molar-refractivity contribution in [2.45, 2.75) is 6.92 Å². The Morgan fingerprint density at radius 2 is 1.58 bits per heavy atom. The molecule has 0 atom stereocenters. The zero-order valence-corrected chi connectivity index (χ0v) is 11.4. The Labute approximate surface area is 116 Å². The minimum absolute atomic E-state index is 0.244. The van der Waals surface area contributed by atoms with Gasteiger partial charge in [-0.1, -0.05) is 15.9 Å². The molecule has 98 valence electrons. The van der Waals surface area contributed by atoms with Gasteiger partial charge >= 0.3 is 0 Å². The molecule has 0 spiro atoms. The van der Waals surface area contributed by atoms with Crippen LogP contribution in [0.5, 0.6) is 0 Å². The van der Waals surface area contributed by atoms with Crippen LogP contribution in [-0.4, -0.2) is 5.78 Å². The van der Waals surface area contributed by atoms with Gasteiger partial charge in [-0.25, -0.2) is 13.2 Å². The Balaban J connectivity index is 2.53. The van der Waals surface area contributed by atoms with E-state index in [1.165, 1.54) is 6.07 Å². The van der Waals surface area contributed by atoms with E-state index in [1.54, 1.807) is 19.1 Å². The lowest BCUT2D eigenvalue weighted by Crippen LogP contribution is -2.08. The second-order valence-corrected chi connectivity index (χ2v) is 4.95. The molecule has 5 heteroatoms. The normalized spacial score (nSPS) is 10.6. The summed E-state index contributed by atoms with van der Waals surface area (Å²) in [4.78, 5) is 12.1. The summed E-state index contributed by atoms with van der Waals surface area (Å²) in [5.41, 5.74) is 0.376. The summed E-state index contributed by atoms with van der Waals surface area (Å²) in [6.07, 6.45) is 0. The molecule has 0 aliphatic rings. The number of rotatable bonds is 2. The molecule has 2 rings (SSSR count). The van der Waals surface area contributed by atoms with Crippen molar-refractivity contribution in [2.24, 2.45) is 0 Å². The zero-order valence-electron chi connectivity index (χ0n) is 9.81. The lowest BCUT2D eigenvalue weighted by atomic mass is 9.98. The molecule has 0 N–H and O–H groups in total. The molecule has 0 radical (unpaired) electrons. The third kappa shape index (κ3) is 2.71. The second kappa shape index (κ2) is 5.17. The minimum atomic E-state index is -1.32. The molecule has 1 nitrogen and oxygen atoms in total. The Hall–Kier alpha value is -1.62. The van der Waals surface area contributed by atoms with E-state index in [-0.39, 0.29) is 5.56 Å². The number of halogens is 4. The van der Waals surface area contributed by atoms with Crippen molar-refractivity contribution in [3.63, 3.8) is 0 Å². The smallest absolute Gasteiger partial charge is 0.196 e. The number of ketones is 1. The van der Waals surface area contributed by atoms with E-state index in [1.807, 2.05) is 0 Å². The highest BCUT2D eigenvalue weighted by Crippen LogP contribution is 2.21. The fraction of sp³-hybridized carbons (Fsp3) is 0.0714. The fourth-order valence-corrected chi connectivity index (χ4v) is 2.20. The van der Waals surface area contributed by atoms with Gasteiger partial charge in [-0.2, -0.15) is 0 Å². The van der Waals surface area contributed by atoms with E-state index >= 15 is 0 Å². The van der Waals surface area contributed by atoms with Crippen molar-refractivity contribution in [3.05, 3.63) is 68.9 Å². The topological polar surface area (TPSA) is 17.1 Å². The van der Waals surface area contributed by atoms with Crippen LogP contribution in [0.1, 0.15) is 21.5 Å². The van der Waals surface area contributed by atoms with Crippen molar-refractivity contribution in [1.29, 1.82) is 0 Å². The van der Waals surface area contributed by atoms with E-state index in [0.29, 0.717) is 17.7 Å². The molecule has 0 saturated heterocycles. The number of aryl methyl sites for hydroxylation is 1. The van der Waals surface area contributed by atoms with Crippen LogP contribution in [-0.2, 0) is 0 Å². The first-order chi connectivity index (χ1) is 8.90. The molecule has 0 unspecified atom stereocenters. The molecule has 0 aliphatic carbocycles. The lowest BCUT2D eigenvalue weighted by Gasteiger charge is -2.07. The maximum Gasteiger partial charge on any atom is 0.196 e. The Bertz CT molecular complexity index is 668. The number of carbonyl (C=O) groups excluding carboxylic acids is 1. The molecular formula is C14H8BrF3O. The molecule has 2 aromatic rings. The van der Waals surface area contributed by atoms with Gasteiger partial charge in [-0.3, -0.25) is 4.79 Å². The van der Waals surface area contributed by atoms with Crippen molar-refractivity contribution in [1.82, 2.24) is 0 Å². The maximum atomic E-state index is 13.5. The Morgan fingerprint density at radius 1 is 0.947 bits per heavy atom. The average Bonchev–Trinajstić information content (AvgIpc) is 2.33. The molecular weight excluding hydrogens is 321 g/mol. The first-order valence-electron chi connectivity index (χ1n) is 5.35. The van der Waals surface area contributed by atoms with Crippen LogP contribution in [0.4, 0.5) is 13.2 Å². The van der Waals surface area contributed by atoms with Gasteiger partial charge in [0.05, 0.1) is 5.56 Å². The first-order valence-corrected chi connectivity index (χ1v) is 6.15. The molecule has 0 aromatic heterocycles. The summed E-state index contributed by atoms with van der Waals surface area (Å²) in [5.74, 6) is -4.33. The average molecular weight is 329 g/mol. The van der Waals surface area contributed by atoms with Crippen LogP contribution in [0.3, 0.4) is 0 Å². The van der Waals surface area contributed by atoms with E-state index in [4.69, 9.17) is 0 Å². The van der Waals surface area contributed by atoms with Crippen LogP contribution < -0.4 is 0 Å². The molecule has 2 aromatic carbocycles. The zero-order chi connectivity index (χ0) is 14.2. The highest BCUT2D eigenvalue weighted by Gasteiger charge is 2.19. The Kier molecular flexibility index (Phi) is 3.75.